The lowest BCUT2D eigenvalue weighted by molar-refractivity contribution is 0.337. The molecule has 1 heterocycles. The molecule has 0 aliphatic heterocycles. The number of hydrogen-bond donors (Lipinski definition) is 1. The molecule has 0 aromatic carbocycles. The summed E-state index contributed by atoms with van der Waals surface area (Å²) in [6.45, 7) is 9.52. The van der Waals surface area contributed by atoms with Crippen LogP contribution in [0.25, 0.3) is 0 Å². The summed E-state index contributed by atoms with van der Waals surface area (Å²) in [6.07, 6.45) is 3.65. The van der Waals surface area contributed by atoms with E-state index in [0.29, 0.717) is 6.04 Å². The van der Waals surface area contributed by atoms with Gasteiger partial charge in [0.2, 0.25) is 0 Å². The Hall–Kier alpha value is -0.830. The summed E-state index contributed by atoms with van der Waals surface area (Å²) < 4.78 is 5.18. The van der Waals surface area contributed by atoms with Crippen LogP contribution in [0.2, 0.25) is 0 Å². The van der Waals surface area contributed by atoms with Crippen LogP contribution in [-0.4, -0.2) is 11.2 Å². The molecule has 1 aromatic rings. The topological polar surface area (TPSA) is 38.1 Å². The average molecular weight is 224 g/mol. The SMILES string of the molecule is CCC(C)CC(CC)NCc1cc(C)no1. The predicted octanol–water partition coefficient (Wildman–Crippen LogP) is 3.29. The predicted molar refractivity (Wildman–Crippen MR) is 66.2 cm³/mol. The van der Waals surface area contributed by atoms with Gasteiger partial charge < -0.3 is 9.84 Å². The maximum Gasteiger partial charge on any atom is 0.150 e. The Balaban J connectivity index is 2.33. The lowest BCUT2D eigenvalue weighted by atomic mass is 9.98. The molecule has 3 heteroatoms. The summed E-state index contributed by atoms with van der Waals surface area (Å²) in [6, 6.07) is 2.57. The second-order valence-corrected chi connectivity index (χ2v) is 4.67. The highest BCUT2D eigenvalue weighted by atomic mass is 16.5. The zero-order valence-electron chi connectivity index (χ0n) is 10.9. The average Bonchev–Trinajstić information content (AvgIpc) is 2.69. The van der Waals surface area contributed by atoms with E-state index in [1.807, 2.05) is 13.0 Å². The van der Waals surface area contributed by atoms with Gasteiger partial charge in [0.15, 0.2) is 5.76 Å². The first-order chi connectivity index (χ1) is 7.65. The standard InChI is InChI=1S/C13H24N2O/c1-5-10(3)7-12(6-2)14-9-13-8-11(4)15-16-13/h8,10,12,14H,5-7,9H2,1-4H3. The van der Waals surface area contributed by atoms with Gasteiger partial charge in [0.1, 0.15) is 0 Å². The first kappa shape index (κ1) is 13.2. The monoisotopic (exact) mass is 224 g/mol. The third-order valence-corrected chi connectivity index (χ3v) is 3.12. The fraction of sp³-hybridized carbons (Fsp3) is 0.769. The third kappa shape index (κ3) is 4.35. The van der Waals surface area contributed by atoms with Crippen molar-refractivity contribution in [2.75, 3.05) is 0 Å². The van der Waals surface area contributed by atoms with Gasteiger partial charge in [0.05, 0.1) is 12.2 Å². The Bertz CT molecular complexity index is 296. The second kappa shape index (κ2) is 6.69. The van der Waals surface area contributed by atoms with Crippen molar-refractivity contribution < 1.29 is 4.52 Å². The molecule has 0 amide bonds. The molecule has 1 rings (SSSR count). The van der Waals surface area contributed by atoms with Crippen LogP contribution in [0.3, 0.4) is 0 Å². The van der Waals surface area contributed by atoms with Crippen molar-refractivity contribution in [1.29, 1.82) is 0 Å². The van der Waals surface area contributed by atoms with Crippen LogP contribution in [0.4, 0.5) is 0 Å². The number of hydrogen-bond acceptors (Lipinski definition) is 3. The van der Waals surface area contributed by atoms with E-state index in [-0.39, 0.29) is 0 Å². The smallest absolute Gasteiger partial charge is 0.150 e. The zero-order chi connectivity index (χ0) is 12.0. The summed E-state index contributed by atoms with van der Waals surface area (Å²) in [5.74, 6) is 1.72. The lowest BCUT2D eigenvalue weighted by Gasteiger charge is -2.19. The molecule has 0 aliphatic carbocycles. The van der Waals surface area contributed by atoms with Crippen molar-refractivity contribution in [3.05, 3.63) is 17.5 Å². The third-order valence-electron chi connectivity index (χ3n) is 3.12. The molecule has 0 radical (unpaired) electrons. The van der Waals surface area contributed by atoms with Crippen molar-refractivity contribution in [1.82, 2.24) is 10.5 Å². The molecule has 0 bridgehead atoms. The van der Waals surface area contributed by atoms with Crippen LogP contribution in [-0.2, 0) is 6.54 Å². The summed E-state index contributed by atoms with van der Waals surface area (Å²) >= 11 is 0. The first-order valence-corrected chi connectivity index (χ1v) is 6.31. The molecule has 0 fully saturated rings. The molecule has 16 heavy (non-hydrogen) atoms. The van der Waals surface area contributed by atoms with E-state index < -0.39 is 0 Å². The Kier molecular flexibility index (Phi) is 5.53. The van der Waals surface area contributed by atoms with E-state index in [1.54, 1.807) is 0 Å². The minimum Gasteiger partial charge on any atom is -0.360 e. The molecule has 2 atom stereocenters. The van der Waals surface area contributed by atoms with Gasteiger partial charge in [-0.15, -0.1) is 0 Å². The molecular weight excluding hydrogens is 200 g/mol. The van der Waals surface area contributed by atoms with Gasteiger partial charge in [-0.1, -0.05) is 32.3 Å². The normalized spacial score (nSPS) is 15.0. The summed E-state index contributed by atoms with van der Waals surface area (Å²) in [5.41, 5.74) is 0.951. The summed E-state index contributed by atoms with van der Waals surface area (Å²) in [4.78, 5) is 0. The van der Waals surface area contributed by atoms with Crippen molar-refractivity contribution in [3.8, 4) is 0 Å². The molecule has 2 unspecified atom stereocenters. The molecular formula is C13H24N2O. The first-order valence-electron chi connectivity index (χ1n) is 6.31. The van der Waals surface area contributed by atoms with E-state index in [0.717, 1.165) is 30.3 Å². The Morgan fingerprint density at radius 3 is 2.62 bits per heavy atom. The van der Waals surface area contributed by atoms with Crippen LogP contribution in [0.1, 0.15) is 51.5 Å². The van der Waals surface area contributed by atoms with Crippen LogP contribution in [0.5, 0.6) is 0 Å². The van der Waals surface area contributed by atoms with Crippen molar-refractivity contribution in [3.63, 3.8) is 0 Å². The van der Waals surface area contributed by atoms with Crippen LogP contribution < -0.4 is 5.32 Å². The molecule has 0 saturated heterocycles. The van der Waals surface area contributed by atoms with Crippen molar-refractivity contribution in [2.45, 2.75) is 59.5 Å². The van der Waals surface area contributed by atoms with E-state index in [1.165, 1.54) is 12.8 Å². The molecule has 1 aromatic heterocycles. The molecule has 3 nitrogen and oxygen atoms in total. The van der Waals surface area contributed by atoms with Crippen molar-refractivity contribution >= 4 is 0 Å². The summed E-state index contributed by atoms with van der Waals surface area (Å²) in [5, 5.41) is 7.41. The highest BCUT2D eigenvalue weighted by Gasteiger charge is 2.10. The largest absolute Gasteiger partial charge is 0.360 e. The van der Waals surface area contributed by atoms with Gasteiger partial charge in [-0.3, -0.25) is 0 Å². The maximum absolute atomic E-state index is 5.18. The highest BCUT2D eigenvalue weighted by Crippen LogP contribution is 2.12. The zero-order valence-corrected chi connectivity index (χ0v) is 10.9. The van der Waals surface area contributed by atoms with Gasteiger partial charge in [0.25, 0.3) is 0 Å². The van der Waals surface area contributed by atoms with Crippen LogP contribution in [0, 0.1) is 12.8 Å². The number of nitrogens with zero attached hydrogens (tertiary/aromatic N) is 1. The van der Waals surface area contributed by atoms with Gasteiger partial charge in [-0.2, -0.15) is 0 Å². The minimum atomic E-state index is 0.584. The Labute approximate surface area is 98.6 Å². The fourth-order valence-electron chi connectivity index (χ4n) is 1.79. The number of rotatable bonds is 7. The highest BCUT2D eigenvalue weighted by molar-refractivity contribution is 5.02. The van der Waals surface area contributed by atoms with Crippen LogP contribution in [0.15, 0.2) is 10.6 Å². The quantitative estimate of drug-likeness (QED) is 0.772. The van der Waals surface area contributed by atoms with E-state index in [4.69, 9.17) is 4.52 Å². The summed E-state index contributed by atoms with van der Waals surface area (Å²) in [7, 11) is 0. The molecule has 0 spiro atoms. The molecule has 0 saturated carbocycles. The van der Waals surface area contributed by atoms with Crippen LogP contribution >= 0.6 is 0 Å². The van der Waals surface area contributed by atoms with E-state index in [2.05, 4.69) is 31.2 Å². The Morgan fingerprint density at radius 2 is 2.12 bits per heavy atom. The number of aromatic nitrogens is 1. The number of aryl methyl sites for hydroxylation is 1. The maximum atomic E-state index is 5.18. The Morgan fingerprint density at radius 1 is 1.38 bits per heavy atom. The lowest BCUT2D eigenvalue weighted by Crippen LogP contribution is -2.29. The van der Waals surface area contributed by atoms with Gasteiger partial charge in [-0.05, 0) is 25.7 Å². The number of nitrogens with one attached hydrogen (secondary N) is 1. The molecule has 92 valence electrons. The second-order valence-electron chi connectivity index (χ2n) is 4.67. The van der Waals surface area contributed by atoms with Crippen molar-refractivity contribution in [2.24, 2.45) is 5.92 Å². The van der Waals surface area contributed by atoms with Gasteiger partial charge in [-0.25, -0.2) is 0 Å². The van der Waals surface area contributed by atoms with E-state index >= 15 is 0 Å². The molecule has 0 aliphatic rings. The molecule has 1 N–H and O–H groups in total. The fourth-order valence-corrected chi connectivity index (χ4v) is 1.79. The van der Waals surface area contributed by atoms with Gasteiger partial charge >= 0.3 is 0 Å². The van der Waals surface area contributed by atoms with E-state index in [9.17, 15) is 0 Å². The minimum absolute atomic E-state index is 0.584. The van der Waals surface area contributed by atoms with Gasteiger partial charge in [0, 0.05) is 12.1 Å².